The number of nitrogens with two attached hydrogens (primary N) is 1. The predicted molar refractivity (Wildman–Crippen MR) is 59.3 cm³/mol. The highest BCUT2D eigenvalue weighted by Crippen LogP contribution is 2.23. The van der Waals surface area contributed by atoms with Crippen molar-refractivity contribution in [1.29, 1.82) is 0 Å². The number of benzene rings is 1. The van der Waals surface area contributed by atoms with Crippen LogP contribution in [0.5, 0.6) is 0 Å². The smallest absolute Gasteiger partial charge is 0.266 e. The summed E-state index contributed by atoms with van der Waals surface area (Å²) in [5, 5.41) is 6.36. The maximum atomic E-state index is 13.4. The molecule has 0 amide bonds. The van der Waals surface area contributed by atoms with Gasteiger partial charge in [-0.25, -0.2) is 17.2 Å². The Hall–Kier alpha value is -1.88. The Bertz CT molecular complexity index is 673. The summed E-state index contributed by atoms with van der Waals surface area (Å²) >= 11 is 0.667. The topological polar surface area (TPSA) is 111 Å². The molecule has 0 unspecified atom stereocenters. The van der Waals surface area contributed by atoms with E-state index in [-0.39, 0.29) is 5.13 Å². The summed E-state index contributed by atoms with van der Waals surface area (Å²) in [5.41, 5.74) is 4.71. The lowest BCUT2D eigenvalue weighted by Gasteiger charge is -2.07. The first-order valence-corrected chi connectivity index (χ1v) is 6.58. The average molecular weight is 293 g/mol. The number of halogens is 2. The van der Waals surface area contributed by atoms with Crippen LogP contribution >= 0.6 is 11.5 Å². The quantitative estimate of drug-likeness (QED) is 0.801. The molecule has 0 atom stereocenters. The molecule has 1 aromatic heterocycles. The molecular formula is C7H5F2N5O2S2. The number of nitrogens with one attached hydrogen (secondary N) is 1. The van der Waals surface area contributed by atoms with Crippen LogP contribution in [0.15, 0.2) is 17.0 Å². The van der Waals surface area contributed by atoms with Crippen LogP contribution in [0.4, 0.5) is 19.6 Å². The zero-order valence-corrected chi connectivity index (χ0v) is 10.1. The Kier molecular flexibility index (Phi) is 3.09. The van der Waals surface area contributed by atoms with Gasteiger partial charge in [0.2, 0.25) is 5.13 Å². The summed E-state index contributed by atoms with van der Waals surface area (Å²) in [4.78, 5) is -0.781. The molecule has 0 aliphatic rings. The Morgan fingerprint density at radius 2 is 2.00 bits per heavy atom. The molecule has 7 nitrogen and oxygen atoms in total. The molecule has 0 bridgehead atoms. The molecule has 96 valence electrons. The Morgan fingerprint density at radius 1 is 1.28 bits per heavy atom. The van der Waals surface area contributed by atoms with Crippen LogP contribution in [0.3, 0.4) is 0 Å². The van der Waals surface area contributed by atoms with E-state index in [0.717, 1.165) is 0 Å². The van der Waals surface area contributed by atoms with Gasteiger partial charge in [0.15, 0.2) is 0 Å². The largest absolute Gasteiger partial charge is 0.396 e. The third kappa shape index (κ3) is 2.36. The third-order valence-corrected chi connectivity index (χ3v) is 3.86. The first-order chi connectivity index (χ1) is 8.40. The van der Waals surface area contributed by atoms with Gasteiger partial charge >= 0.3 is 0 Å². The summed E-state index contributed by atoms with van der Waals surface area (Å²) < 4.78 is 55.1. The number of sulfonamides is 1. The number of rotatable bonds is 3. The molecule has 0 fully saturated rings. The highest BCUT2D eigenvalue weighted by atomic mass is 32.2. The fourth-order valence-electron chi connectivity index (χ4n) is 1.09. The molecule has 3 N–H and O–H groups in total. The number of hydrogen-bond donors (Lipinski definition) is 2. The molecule has 0 aliphatic heterocycles. The van der Waals surface area contributed by atoms with Gasteiger partial charge in [-0.1, -0.05) is 9.59 Å². The van der Waals surface area contributed by atoms with Crippen molar-refractivity contribution in [3.05, 3.63) is 23.8 Å². The molecule has 2 rings (SSSR count). The summed E-state index contributed by atoms with van der Waals surface area (Å²) in [7, 11) is -4.26. The number of nitrogens with zero attached hydrogens (tertiary/aromatic N) is 3. The van der Waals surface area contributed by atoms with Crippen LogP contribution in [0, 0.1) is 11.6 Å². The van der Waals surface area contributed by atoms with Crippen molar-refractivity contribution >= 4 is 32.4 Å². The molecule has 0 saturated carbocycles. The average Bonchev–Trinajstić information content (AvgIpc) is 2.75. The van der Waals surface area contributed by atoms with Crippen LogP contribution in [0.25, 0.3) is 0 Å². The molecule has 0 saturated heterocycles. The van der Waals surface area contributed by atoms with Crippen molar-refractivity contribution < 1.29 is 17.2 Å². The summed E-state index contributed by atoms with van der Waals surface area (Å²) in [6.45, 7) is 0. The number of aromatic nitrogens is 3. The number of nitrogen functional groups attached to an aromatic ring is 1. The van der Waals surface area contributed by atoms with Gasteiger partial charge in [0.1, 0.15) is 16.5 Å². The van der Waals surface area contributed by atoms with E-state index in [9.17, 15) is 17.2 Å². The predicted octanol–water partition coefficient (Wildman–Crippen LogP) is 0.594. The van der Waals surface area contributed by atoms with Crippen LogP contribution in [-0.4, -0.2) is 23.2 Å². The monoisotopic (exact) mass is 293 g/mol. The van der Waals surface area contributed by atoms with Gasteiger partial charge in [-0.3, -0.25) is 4.72 Å². The lowest BCUT2D eigenvalue weighted by molar-refractivity contribution is 0.553. The Morgan fingerprint density at radius 3 is 2.61 bits per heavy atom. The zero-order valence-electron chi connectivity index (χ0n) is 8.46. The van der Waals surface area contributed by atoms with E-state index in [4.69, 9.17) is 5.73 Å². The minimum absolute atomic E-state index is 0.141. The normalized spacial score (nSPS) is 11.4. The van der Waals surface area contributed by atoms with E-state index in [1.54, 1.807) is 0 Å². The van der Waals surface area contributed by atoms with Gasteiger partial charge in [0.05, 0.1) is 5.69 Å². The van der Waals surface area contributed by atoms with Crippen molar-refractivity contribution in [1.82, 2.24) is 14.8 Å². The highest BCUT2D eigenvalue weighted by Gasteiger charge is 2.22. The van der Waals surface area contributed by atoms with Crippen LogP contribution < -0.4 is 10.5 Å². The maximum absolute atomic E-state index is 13.4. The lowest BCUT2D eigenvalue weighted by Crippen LogP contribution is -2.15. The van der Waals surface area contributed by atoms with Gasteiger partial charge in [0, 0.05) is 17.6 Å². The van der Waals surface area contributed by atoms with Gasteiger partial charge in [-0.2, -0.15) is 0 Å². The van der Waals surface area contributed by atoms with Crippen LogP contribution in [0.1, 0.15) is 0 Å². The first-order valence-electron chi connectivity index (χ1n) is 4.32. The third-order valence-electron chi connectivity index (χ3n) is 1.86. The molecule has 1 aromatic carbocycles. The molecule has 1 heterocycles. The molecule has 11 heteroatoms. The molecule has 0 radical (unpaired) electrons. The van der Waals surface area contributed by atoms with Crippen molar-refractivity contribution in [2.75, 3.05) is 10.5 Å². The van der Waals surface area contributed by atoms with Gasteiger partial charge in [0.25, 0.3) is 10.0 Å². The second-order valence-corrected chi connectivity index (χ2v) is 5.46. The van der Waals surface area contributed by atoms with Crippen molar-refractivity contribution in [2.24, 2.45) is 0 Å². The molecule has 18 heavy (non-hydrogen) atoms. The summed E-state index contributed by atoms with van der Waals surface area (Å²) in [6.07, 6.45) is 0. The van der Waals surface area contributed by atoms with Gasteiger partial charge in [-0.05, 0) is 11.3 Å². The Balaban J connectivity index is 2.44. The van der Waals surface area contributed by atoms with E-state index < -0.39 is 32.2 Å². The standard InChI is InChI=1S/C7H5F2N5O2S2/c8-3-1-4(9)6(2-5(3)10)18(15,16)12-7-11-13-14-17-7/h1-2H,10H2,(H,11,12,14). The fourth-order valence-corrected chi connectivity index (χ4v) is 2.77. The molecule has 0 spiro atoms. The molecular weight excluding hydrogens is 288 g/mol. The zero-order chi connectivity index (χ0) is 13.3. The Labute approximate surface area is 104 Å². The summed E-state index contributed by atoms with van der Waals surface area (Å²) in [6, 6.07) is 1.07. The maximum Gasteiger partial charge on any atom is 0.266 e. The molecule has 0 aliphatic carbocycles. The molecule has 2 aromatic rings. The minimum Gasteiger partial charge on any atom is -0.396 e. The SMILES string of the molecule is Nc1cc(S(=O)(=O)Nc2nnns2)c(F)cc1F. The van der Waals surface area contributed by atoms with Crippen LogP contribution in [0.2, 0.25) is 0 Å². The summed E-state index contributed by atoms with van der Waals surface area (Å²) in [5.74, 6) is -2.30. The van der Waals surface area contributed by atoms with Gasteiger partial charge < -0.3 is 5.73 Å². The second-order valence-electron chi connectivity index (χ2n) is 3.08. The van der Waals surface area contributed by atoms with Crippen molar-refractivity contribution in [3.63, 3.8) is 0 Å². The van der Waals surface area contributed by atoms with Crippen molar-refractivity contribution in [2.45, 2.75) is 4.90 Å². The number of anilines is 2. The lowest BCUT2D eigenvalue weighted by atomic mass is 10.3. The van der Waals surface area contributed by atoms with E-state index in [1.807, 2.05) is 4.72 Å². The van der Waals surface area contributed by atoms with Crippen molar-refractivity contribution in [3.8, 4) is 0 Å². The fraction of sp³-hybridized carbons (Fsp3) is 0. The second kappa shape index (κ2) is 4.42. The van der Waals surface area contributed by atoms with Gasteiger partial charge in [-0.15, -0.1) is 0 Å². The number of hydrogen-bond acceptors (Lipinski definition) is 7. The van der Waals surface area contributed by atoms with Crippen LogP contribution in [-0.2, 0) is 10.0 Å². The van der Waals surface area contributed by atoms with E-state index in [2.05, 4.69) is 14.8 Å². The minimum atomic E-state index is -4.26. The van der Waals surface area contributed by atoms with E-state index in [1.165, 1.54) is 0 Å². The highest BCUT2D eigenvalue weighted by molar-refractivity contribution is 7.93. The van der Waals surface area contributed by atoms with E-state index >= 15 is 0 Å². The first kappa shape index (κ1) is 12.6. The van der Waals surface area contributed by atoms with E-state index in [0.29, 0.717) is 23.7 Å².